The SMILES string of the molecule is C[C@@H](NC(=O)c1c[nH]ccc1=O)c1ccccc1. The van der Waals surface area contributed by atoms with E-state index >= 15 is 0 Å². The number of benzene rings is 1. The lowest BCUT2D eigenvalue weighted by Gasteiger charge is -2.13. The number of nitrogens with one attached hydrogen (secondary N) is 2. The van der Waals surface area contributed by atoms with Gasteiger partial charge in [0.2, 0.25) is 0 Å². The molecule has 0 saturated carbocycles. The lowest BCUT2D eigenvalue weighted by atomic mass is 10.1. The molecule has 2 aromatic rings. The topological polar surface area (TPSA) is 62.0 Å². The van der Waals surface area contributed by atoms with Crippen LogP contribution in [0.15, 0.2) is 53.6 Å². The first-order valence-electron chi connectivity index (χ1n) is 5.71. The van der Waals surface area contributed by atoms with E-state index in [9.17, 15) is 9.59 Å². The number of amides is 1. The normalized spacial score (nSPS) is 11.8. The van der Waals surface area contributed by atoms with E-state index in [1.807, 2.05) is 37.3 Å². The molecule has 2 N–H and O–H groups in total. The zero-order chi connectivity index (χ0) is 13.0. The lowest BCUT2D eigenvalue weighted by molar-refractivity contribution is 0.0938. The summed E-state index contributed by atoms with van der Waals surface area (Å²) in [7, 11) is 0. The van der Waals surface area contributed by atoms with Gasteiger partial charge >= 0.3 is 0 Å². The van der Waals surface area contributed by atoms with E-state index in [2.05, 4.69) is 10.3 Å². The first kappa shape index (κ1) is 12.1. The monoisotopic (exact) mass is 242 g/mol. The first-order valence-corrected chi connectivity index (χ1v) is 5.71. The number of carbonyl (C=O) groups is 1. The quantitative estimate of drug-likeness (QED) is 0.863. The molecule has 18 heavy (non-hydrogen) atoms. The number of rotatable bonds is 3. The third kappa shape index (κ3) is 2.66. The van der Waals surface area contributed by atoms with Crippen molar-refractivity contribution in [2.75, 3.05) is 0 Å². The van der Waals surface area contributed by atoms with Gasteiger partial charge in [0.15, 0.2) is 5.43 Å². The van der Waals surface area contributed by atoms with Crippen molar-refractivity contribution in [1.82, 2.24) is 10.3 Å². The average molecular weight is 242 g/mol. The summed E-state index contributed by atoms with van der Waals surface area (Å²) < 4.78 is 0. The van der Waals surface area contributed by atoms with Crippen LogP contribution in [0.2, 0.25) is 0 Å². The molecule has 1 amide bonds. The van der Waals surface area contributed by atoms with Crippen LogP contribution in [-0.2, 0) is 0 Å². The van der Waals surface area contributed by atoms with Gasteiger partial charge < -0.3 is 10.3 Å². The van der Waals surface area contributed by atoms with E-state index in [1.54, 1.807) is 0 Å². The Hall–Kier alpha value is -2.36. The van der Waals surface area contributed by atoms with Gasteiger partial charge in [0.1, 0.15) is 5.56 Å². The standard InChI is InChI=1S/C14H14N2O2/c1-10(11-5-3-2-4-6-11)16-14(18)12-9-15-8-7-13(12)17/h2-10H,1H3,(H,15,17)(H,16,18)/t10-/m1/s1. The third-order valence-corrected chi connectivity index (χ3v) is 2.72. The van der Waals surface area contributed by atoms with Crippen LogP contribution in [0.5, 0.6) is 0 Å². The van der Waals surface area contributed by atoms with E-state index in [4.69, 9.17) is 0 Å². The summed E-state index contributed by atoms with van der Waals surface area (Å²) in [4.78, 5) is 26.2. The summed E-state index contributed by atoms with van der Waals surface area (Å²) in [5.41, 5.74) is 0.838. The molecule has 2 rings (SSSR count). The zero-order valence-electron chi connectivity index (χ0n) is 10.0. The summed E-state index contributed by atoms with van der Waals surface area (Å²) in [5.74, 6) is -0.367. The molecule has 0 aliphatic rings. The van der Waals surface area contributed by atoms with Gasteiger partial charge in [-0.15, -0.1) is 0 Å². The highest BCUT2D eigenvalue weighted by atomic mass is 16.2. The molecule has 1 heterocycles. The van der Waals surface area contributed by atoms with Crippen LogP contribution < -0.4 is 10.7 Å². The van der Waals surface area contributed by atoms with Gasteiger partial charge in [-0.05, 0) is 12.5 Å². The van der Waals surface area contributed by atoms with Crippen LogP contribution in [0.1, 0.15) is 28.9 Å². The second kappa shape index (κ2) is 5.31. The summed E-state index contributed by atoms with van der Waals surface area (Å²) in [6, 6.07) is 10.8. The van der Waals surface area contributed by atoms with E-state index in [0.29, 0.717) is 0 Å². The number of carbonyl (C=O) groups excluding carboxylic acids is 1. The number of H-pyrrole nitrogens is 1. The summed E-state index contributed by atoms with van der Waals surface area (Å²) in [5, 5.41) is 2.79. The minimum atomic E-state index is -0.367. The molecule has 0 bridgehead atoms. The highest BCUT2D eigenvalue weighted by molar-refractivity contribution is 5.93. The van der Waals surface area contributed by atoms with E-state index in [1.165, 1.54) is 18.5 Å². The molecule has 1 aromatic heterocycles. The third-order valence-electron chi connectivity index (χ3n) is 2.72. The van der Waals surface area contributed by atoms with Gasteiger partial charge in [-0.1, -0.05) is 30.3 Å². The molecule has 0 radical (unpaired) electrons. The molecule has 0 aliphatic heterocycles. The Morgan fingerprint density at radius 2 is 1.94 bits per heavy atom. The second-order valence-electron chi connectivity index (χ2n) is 4.03. The fraction of sp³-hybridized carbons (Fsp3) is 0.143. The smallest absolute Gasteiger partial charge is 0.257 e. The van der Waals surface area contributed by atoms with Crippen molar-refractivity contribution in [2.45, 2.75) is 13.0 Å². The Balaban J connectivity index is 2.14. The first-order chi connectivity index (χ1) is 8.68. The van der Waals surface area contributed by atoms with Crippen LogP contribution >= 0.6 is 0 Å². The molecule has 0 spiro atoms. The van der Waals surface area contributed by atoms with E-state index in [0.717, 1.165) is 5.56 Å². The van der Waals surface area contributed by atoms with Crippen molar-refractivity contribution in [2.24, 2.45) is 0 Å². The Morgan fingerprint density at radius 1 is 1.22 bits per heavy atom. The number of hydrogen-bond donors (Lipinski definition) is 2. The lowest BCUT2D eigenvalue weighted by Crippen LogP contribution is -2.30. The van der Waals surface area contributed by atoms with Crippen LogP contribution in [-0.4, -0.2) is 10.9 Å². The maximum absolute atomic E-state index is 11.9. The molecule has 4 nitrogen and oxygen atoms in total. The average Bonchev–Trinajstić information content (AvgIpc) is 2.40. The minimum Gasteiger partial charge on any atom is -0.367 e. The maximum atomic E-state index is 11.9. The van der Waals surface area contributed by atoms with Gasteiger partial charge in [-0.2, -0.15) is 0 Å². The van der Waals surface area contributed by atoms with Crippen LogP contribution in [0.4, 0.5) is 0 Å². The minimum absolute atomic E-state index is 0.125. The largest absolute Gasteiger partial charge is 0.367 e. The molecule has 1 atom stereocenters. The molecule has 0 fully saturated rings. The fourth-order valence-electron chi connectivity index (χ4n) is 1.69. The number of aromatic nitrogens is 1. The molecular weight excluding hydrogens is 228 g/mol. The molecule has 4 heteroatoms. The molecule has 0 unspecified atom stereocenters. The van der Waals surface area contributed by atoms with Gasteiger partial charge in [-0.3, -0.25) is 9.59 Å². The van der Waals surface area contributed by atoms with Crippen molar-refractivity contribution >= 4 is 5.91 Å². The molecule has 1 aromatic carbocycles. The number of aromatic amines is 1. The second-order valence-corrected chi connectivity index (χ2v) is 4.03. The summed E-state index contributed by atoms with van der Waals surface area (Å²) >= 11 is 0. The van der Waals surface area contributed by atoms with Crippen molar-refractivity contribution in [3.05, 3.63) is 70.1 Å². The number of hydrogen-bond acceptors (Lipinski definition) is 2. The molecule has 0 saturated heterocycles. The van der Waals surface area contributed by atoms with Gasteiger partial charge in [0.25, 0.3) is 5.91 Å². The molecule has 0 aliphatic carbocycles. The highest BCUT2D eigenvalue weighted by Crippen LogP contribution is 2.11. The predicted octanol–water partition coefficient (Wildman–Crippen LogP) is 1.87. The van der Waals surface area contributed by atoms with Gasteiger partial charge in [0.05, 0.1) is 6.04 Å². The van der Waals surface area contributed by atoms with Crippen molar-refractivity contribution < 1.29 is 4.79 Å². The number of pyridine rings is 1. The van der Waals surface area contributed by atoms with Gasteiger partial charge in [0, 0.05) is 18.5 Å². The van der Waals surface area contributed by atoms with Crippen LogP contribution in [0, 0.1) is 0 Å². The van der Waals surface area contributed by atoms with Crippen molar-refractivity contribution in [1.29, 1.82) is 0 Å². The molecular formula is C14H14N2O2. The van der Waals surface area contributed by atoms with Crippen LogP contribution in [0.3, 0.4) is 0 Å². The van der Waals surface area contributed by atoms with E-state index < -0.39 is 0 Å². The summed E-state index contributed by atoms with van der Waals surface area (Å²) in [6.07, 6.45) is 2.91. The predicted molar refractivity (Wildman–Crippen MR) is 69.4 cm³/mol. The Morgan fingerprint density at radius 3 is 2.61 bits per heavy atom. The van der Waals surface area contributed by atoms with E-state index in [-0.39, 0.29) is 22.9 Å². The molecule has 92 valence electrons. The van der Waals surface area contributed by atoms with Crippen molar-refractivity contribution in [3.63, 3.8) is 0 Å². The fourth-order valence-corrected chi connectivity index (χ4v) is 1.69. The maximum Gasteiger partial charge on any atom is 0.257 e. The summed E-state index contributed by atoms with van der Waals surface area (Å²) in [6.45, 7) is 1.88. The van der Waals surface area contributed by atoms with Crippen molar-refractivity contribution in [3.8, 4) is 0 Å². The zero-order valence-corrected chi connectivity index (χ0v) is 10.0. The Bertz CT molecular complexity index is 590. The Labute approximate surface area is 105 Å². The Kier molecular flexibility index (Phi) is 3.57. The van der Waals surface area contributed by atoms with Crippen LogP contribution in [0.25, 0.3) is 0 Å². The highest BCUT2D eigenvalue weighted by Gasteiger charge is 2.13. The van der Waals surface area contributed by atoms with Gasteiger partial charge in [-0.25, -0.2) is 0 Å².